The molecule has 1 amide bonds. The second-order valence-corrected chi connectivity index (χ2v) is 6.98. The average molecular weight is 309 g/mol. The maximum atomic E-state index is 12.3. The zero-order valence-corrected chi connectivity index (χ0v) is 13.6. The highest BCUT2D eigenvalue weighted by atomic mass is 16.2. The number of rotatable bonds is 4. The average Bonchev–Trinajstić information content (AvgIpc) is 3.17. The Morgan fingerprint density at radius 3 is 3.04 bits per heavy atom. The van der Waals surface area contributed by atoms with Crippen LogP contribution in [0.3, 0.4) is 0 Å². The number of carbonyl (C=O) groups excluding carboxylic acids is 1. The summed E-state index contributed by atoms with van der Waals surface area (Å²) in [5.41, 5.74) is 3.33. The normalized spacial score (nSPS) is 23.5. The minimum absolute atomic E-state index is 0.134. The zero-order valence-electron chi connectivity index (χ0n) is 13.6. The van der Waals surface area contributed by atoms with Crippen LogP contribution < -0.4 is 5.32 Å². The lowest BCUT2D eigenvalue weighted by Gasteiger charge is -2.25. The largest absolute Gasteiger partial charge is 0.351 e. The number of amides is 1. The van der Waals surface area contributed by atoms with Crippen molar-refractivity contribution in [1.82, 2.24) is 15.2 Å². The van der Waals surface area contributed by atoms with Crippen LogP contribution in [0.4, 0.5) is 0 Å². The Bertz CT molecular complexity index is 742. The van der Waals surface area contributed by atoms with E-state index in [9.17, 15) is 4.79 Å². The molecule has 4 rings (SSSR count). The van der Waals surface area contributed by atoms with Gasteiger partial charge in [-0.15, -0.1) is 0 Å². The molecule has 1 aliphatic carbocycles. The van der Waals surface area contributed by atoms with Crippen molar-refractivity contribution in [3.63, 3.8) is 0 Å². The molecule has 0 unspecified atom stereocenters. The first kappa shape index (κ1) is 14.6. The smallest absolute Gasteiger partial charge is 0.234 e. The third-order valence-electron chi connectivity index (χ3n) is 5.41. The first-order valence-electron chi connectivity index (χ1n) is 8.54. The van der Waals surface area contributed by atoms with Crippen LogP contribution in [-0.2, 0) is 11.3 Å². The fourth-order valence-corrected chi connectivity index (χ4v) is 4.18. The number of carbonyl (C=O) groups is 1. The first-order valence-corrected chi connectivity index (χ1v) is 8.54. The molecule has 4 heteroatoms. The van der Waals surface area contributed by atoms with Crippen LogP contribution in [0.1, 0.15) is 30.4 Å². The summed E-state index contributed by atoms with van der Waals surface area (Å²) < 4.78 is 0. The van der Waals surface area contributed by atoms with Crippen molar-refractivity contribution in [2.75, 3.05) is 13.1 Å². The third kappa shape index (κ3) is 2.83. The third-order valence-corrected chi connectivity index (χ3v) is 5.41. The number of benzene rings is 1. The number of piperidine rings is 1. The summed E-state index contributed by atoms with van der Waals surface area (Å²) in [6.07, 6.45) is 5.74. The van der Waals surface area contributed by atoms with Crippen molar-refractivity contribution in [2.45, 2.75) is 38.8 Å². The number of hydrogen-bond donors (Lipinski definition) is 1. The second kappa shape index (κ2) is 5.93. The summed E-state index contributed by atoms with van der Waals surface area (Å²) in [4.78, 5) is 19.1. The molecule has 1 saturated carbocycles. The number of aromatic nitrogens is 1. The topological polar surface area (TPSA) is 45.2 Å². The summed E-state index contributed by atoms with van der Waals surface area (Å²) in [6, 6.07) is 8.85. The van der Waals surface area contributed by atoms with Gasteiger partial charge >= 0.3 is 0 Å². The number of nitrogens with one attached hydrogen (secondary N) is 1. The van der Waals surface area contributed by atoms with Crippen molar-refractivity contribution in [1.29, 1.82) is 0 Å². The van der Waals surface area contributed by atoms with Gasteiger partial charge in [0, 0.05) is 30.7 Å². The molecule has 1 N–H and O–H groups in total. The predicted molar refractivity (Wildman–Crippen MR) is 91.0 cm³/mol. The van der Waals surface area contributed by atoms with Gasteiger partial charge in [0.2, 0.25) is 5.91 Å². The molecule has 1 aromatic heterocycles. The Hall–Kier alpha value is -1.94. The van der Waals surface area contributed by atoms with Crippen molar-refractivity contribution < 1.29 is 4.79 Å². The lowest BCUT2D eigenvalue weighted by molar-refractivity contribution is -0.122. The maximum absolute atomic E-state index is 12.3. The lowest BCUT2D eigenvalue weighted by atomic mass is 10.0. The van der Waals surface area contributed by atoms with Gasteiger partial charge in [-0.2, -0.15) is 0 Å². The van der Waals surface area contributed by atoms with E-state index >= 15 is 0 Å². The van der Waals surface area contributed by atoms with Crippen LogP contribution in [0.5, 0.6) is 0 Å². The maximum Gasteiger partial charge on any atom is 0.234 e. The van der Waals surface area contributed by atoms with Crippen LogP contribution >= 0.6 is 0 Å². The Balaban J connectivity index is 1.41. The van der Waals surface area contributed by atoms with Crippen molar-refractivity contribution in [3.05, 3.63) is 41.6 Å². The van der Waals surface area contributed by atoms with Crippen LogP contribution in [-0.4, -0.2) is 34.9 Å². The van der Waals surface area contributed by atoms with E-state index in [-0.39, 0.29) is 5.91 Å². The Labute approximate surface area is 136 Å². The number of likely N-dealkylation sites (tertiary alicyclic amines) is 1. The van der Waals surface area contributed by atoms with E-state index < -0.39 is 0 Å². The Morgan fingerprint density at radius 2 is 2.26 bits per heavy atom. The van der Waals surface area contributed by atoms with Gasteiger partial charge in [-0.25, -0.2) is 0 Å². The standard InChI is InChI=1S/C19H23N3O/c1-13-4-6-15(17-3-2-8-20-19(13)17)10-21-18(23)12-22-11-14-5-7-16(22)9-14/h2-4,6,8,14,16H,5,7,9-12H2,1H3,(H,21,23)/t14-,16+/m1/s1. The monoisotopic (exact) mass is 309 g/mol. The van der Waals surface area contributed by atoms with Gasteiger partial charge in [0.25, 0.3) is 0 Å². The highest BCUT2D eigenvalue weighted by Crippen LogP contribution is 2.36. The van der Waals surface area contributed by atoms with Gasteiger partial charge in [-0.1, -0.05) is 18.2 Å². The van der Waals surface area contributed by atoms with Gasteiger partial charge in [-0.05, 0) is 49.3 Å². The summed E-state index contributed by atoms with van der Waals surface area (Å²) in [6.45, 7) is 4.29. The number of nitrogens with zero attached hydrogens (tertiary/aromatic N) is 2. The molecule has 2 aromatic rings. The van der Waals surface area contributed by atoms with E-state index in [1.54, 1.807) is 0 Å². The number of fused-ring (bicyclic) bond motifs is 3. The second-order valence-electron chi connectivity index (χ2n) is 6.98. The lowest BCUT2D eigenvalue weighted by Crippen LogP contribution is -2.41. The molecule has 0 spiro atoms. The highest BCUT2D eigenvalue weighted by Gasteiger charge is 2.38. The van der Waals surface area contributed by atoms with E-state index in [0.29, 0.717) is 19.1 Å². The molecule has 0 radical (unpaired) electrons. The van der Waals surface area contributed by atoms with E-state index in [1.165, 1.54) is 24.8 Å². The van der Waals surface area contributed by atoms with Crippen LogP contribution in [0.25, 0.3) is 10.9 Å². The molecule has 2 heterocycles. The summed E-state index contributed by atoms with van der Waals surface area (Å²) in [5.74, 6) is 0.968. The molecular weight excluding hydrogens is 286 g/mol. The summed E-state index contributed by atoms with van der Waals surface area (Å²) in [7, 11) is 0. The number of aryl methyl sites for hydroxylation is 1. The summed E-state index contributed by atoms with van der Waals surface area (Å²) in [5, 5.41) is 4.22. The minimum Gasteiger partial charge on any atom is -0.351 e. The van der Waals surface area contributed by atoms with Gasteiger partial charge in [-0.3, -0.25) is 14.7 Å². The fourth-order valence-electron chi connectivity index (χ4n) is 4.18. The van der Waals surface area contributed by atoms with Gasteiger partial charge in [0.05, 0.1) is 12.1 Å². The molecule has 4 nitrogen and oxygen atoms in total. The van der Waals surface area contributed by atoms with E-state index in [0.717, 1.165) is 28.9 Å². The van der Waals surface area contributed by atoms with E-state index in [1.807, 2.05) is 12.3 Å². The number of hydrogen-bond acceptors (Lipinski definition) is 3. The van der Waals surface area contributed by atoms with Gasteiger partial charge in [0.1, 0.15) is 0 Å². The fraction of sp³-hybridized carbons (Fsp3) is 0.474. The molecule has 1 aromatic carbocycles. The van der Waals surface area contributed by atoms with Gasteiger partial charge < -0.3 is 5.32 Å². The minimum atomic E-state index is 0.134. The van der Waals surface area contributed by atoms with Gasteiger partial charge in [0.15, 0.2) is 0 Å². The van der Waals surface area contributed by atoms with E-state index in [4.69, 9.17) is 0 Å². The molecule has 2 aliphatic rings. The number of pyridine rings is 1. The Morgan fingerprint density at radius 1 is 1.35 bits per heavy atom. The van der Waals surface area contributed by atoms with Crippen molar-refractivity contribution in [3.8, 4) is 0 Å². The summed E-state index contributed by atoms with van der Waals surface area (Å²) >= 11 is 0. The molecule has 120 valence electrons. The van der Waals surface area contributed by atoms with Crippen LogP contribution in [0.15, 0.2) is 30.5 Å². The van der Waals surface area contributed by atoms with Crippen LogP contribution in [0.2, 0.25) is 0 Å². The van der Waals surface area contributed by atoms with Crippen molar-refractivity contribution in [2.24, 2.45) is 5.92 Å². The quantitative estimate of drug-likeness (QED) is 0.944. The van der Waals surface area contributed by atoms with Crippen LogP contribution in [0, 0.1) is 12.8 Å². The molecule has 23 heavy (non-hydrogen) atoms. The van der Waals surface area contributed by atoms with Crippen molar-refractivity contribution >= 4 is 16.8 Å². The Kier molecular flexibility index (Phi) is 3.77. The molecule has 2 bridgehead atoms. The molecule has 2 atom stereocenters. The molecule has 1 saturated heterocycles. The molecule has 2 fully saturated rings. The SMILES string of the molecule is Cc1ccc(CNC(=O)CN2C[C@@H]3CC[C@H]2C3)c2cccnc12. The predicted octanol–water partition coefficient (Wildman–Crippen LogP) is 2.64. The van der Waals surface area contributed by atoms with E-state index in [2.05, 4.69) is 40.3 Å². The molecule has 1 aliphatic heterocycles. The highest BCUT2D eigenvalue weighted by molar-refractivity contribution is 5.85. The first-order chi connectivity index (χ1) is 11.2. The zero-order chi connectivity index (χ0) is 15.8. The molecular formula is C19H23N3O.